The second kappa shape index (κ2) is 11.2. The van der Waals surface area contributed by atoms with Gasteiger partial charge in [-0.15, -0.1) is 24.0 Å². The molecule has 0 radical (unpaired) electrons. The lowest BCUT2D eigenvalue weighted by Gasteiger charge is -2.32. The Morgan fingerprint density at radius 2 is 1.86 bits per heavy atom. The highest BCUT2D eigenvalue weighted by atomic mass is 127. The van der Waals surface area contributed by atoms with Crippen LogP contribution in [0.5, 0.6) is 0 Å². The molecule has 1 saturated carbocycles. The maximum Gasteiger partial charge on any atom is 0.325 e. The van der Waals surface area contributed by atoms with E-state index in [1.807, 2.05) is 6.92 Å². The van der Waals surface area contributed by atoms with Crippen molar-refractivity contribution in [2.45, 2.75) is 78.3 Å². The number of guanidine groups is 1. The minimum Gasteiger partial charge on any atom is -0.357 e. The van der Waals surface area contributed by atoms with E-state index in [-0.39, 0.29) is 35.9 Å². The minimum atomic E-state index is -0.759. The number of aliphatic imine (C=N–C) groups is 1. The summed E-state index contributed by atoms with van der Waals surface area (Å²) in [5.74, 6) is 2.18. The van der Waals surface area contributed by atoms with Crippen molar-refractivity contribution in [2.75, 3.05) is 19.6 Å². The molecule has 1 saturated heterocycles. The molecule has 162 valence electrons. The fourth-order valence-corrected chi connectivity index (χ4v) is 4.19. The Morgan fingerprint density at radius 1 is 1.21 bits per heavy atom. The lowest BCUT2D eigenvalue weighted by Crippen LogP contribution is -2.46. The number of hydrogen-bond acceptors (Lipinski definition) is 3. The summed E-state index contributed by atoms with van der Waals surface area (Å²) in [5.41, 5.74) is -0.759. The highest BCUT2D eigenvalue weighted by Crippen LogP contribution is 2.28. The van der Waals surface area contributed by atoms with Gasteiger partial charge in [-0.25, -0.2) is 4.79 Å². The van der Waals surface area contributed by atoms with E-state index in [2.05, 4.69) is 41.7 Å². The van der Waals surface area contributed by atoms with Gasteiger partial charge in [0.1, 0.15) is 5.54 Å². The van der Waals surface area contributed by atoms with Crippen molar-refractivity contribution in [1.29, 1.82) is 0 Å². The first-order valence-electron chi connectivity index (χ1n) is 10.5. The molecule has 3 N–H and O–H groups in total. The van der Waals surface area contributed by atoms with E-state index in [1.54, 1.807) is 6.92 Å². The Bertz CT molecular complexity index is 561. The normalized spacial score (nSPS) is 30.7. The van der Waals surface area contributed by atoms with Crippen LogP contribution in [0.1, 0.15) is 66.7 Å². The number of halogens is 1. The van der Waals surface area contributed by atoms with Crippen LogP contribution in [-0.4, -0.2) is 54.0 Å². The number of carbonyl (C=O) groups is 2. The topological polar surface area (TPSA) is 85.8 Å². The SMILES string of the molecule is CCNC(=NCCCN1C(=O)NC(C)(CC)C1=O)NC1CC(C)CC(C)C1.I. The average Bonchev–Trinajstić information content (AvgIpc) is 2.81. The standard InChI is InChI=1S/C20H37N5O2.HI/c1-6-20(5)17(26)25(19(27)24-20)10-8-9-22-18(21-7-2)23-16-12-14(3)11-15(4)13-16;/h14-16H,6-13H2,1-5H3,(H,24,27)(H2,21,22,23);1H. The molecule has 2 aliphatic rings. The van der Waals surface area contributed by atoms with Crippen molar-refractivity contribution in [2.24, 2.45) is 16.8 Å². The van der Waals surface area contributed by atoms with Crippen molar-refractivity contribution in [1.82, 2.24) is 20.9 Å². The van der Waals surface area contributed by atoms with Gasteiger partial charge < -0.3 is 16.0 Å². The Kier molecular flexibility index (Phi) is 10.00. The summed E-state index contributed by atoms with van der Waals surface area (Å²) in [6, 6.07) is 0.168. The molecule has 1 aliphatic carbocycles. The second-order valence-electron chi connectivity index (χ2n) is 8.45. The van der Waals surface area contributed by atoms with Crippen molar-refractivity contribution in [3.63, 3.8) is 0 Å². The molecule has 0 spiro atoms. The maximum absolute atomic E-state index is 12.4. The predicted molar refractivity (Wildman–Crippen MR) is 124 cm³/mol. The lowest BCUT2D eigenvalue weighted by molar-refractivity contribution is -0.130. The predicted octanol–water partition coefficient (Wildman–Crippen LogP) is 3.09. The number of amides is 3. The number of carbonyl (C=O) groups excluding carboxylic acids is 2. The molecule has 3 atom stereocenters. The number of nitrogens with zero attached hydrogens (tertiary/aromatic N) is 2. The van der Waals surface area contributed by atoms with E-state index >= 15 is 0 Å². The van der Waals surface area contributed by atoms with Gasteiger partial charge in [-0.3, -0.25) is 14.7 Å². The molecule has 0 aromatic rings. The van der Waals surface area contributed by atoms with Gasteiger partial charge in [-0.05, 0) is 57.8 Å². The number of nitrogens with one attached hydrogen (secondary N) is 3. The van der Waals surface area contributed by atoms with Crippen LogP contribution < -0.4 is 16.0 Å². The van der Waals surface area contributed by atoms with Gasteiger partial charge >= 0.3 is 6.03 Å². The van der Waals surface area contributed by atoms with E-state index in [0.29, 0.717) is 32.0 Å². The largest absolute Gasteiger partial charge is 0.357 e. The van der Waals surface area contributed by atoms with Crippen LogP contribution >= 0.6 is 24.0 Å². The average molecular weight is 507 g/mol. The monoisotopic (exact) mass is 507 g/mol. The molecule has 7 nitrogen and oxygen atoms in total. The quantitative estimate of drug-likeness (QED) is 0.163. The zero-order chi connectivity index (χ0) is 20.0. The van der Waals surface area contributed by atoms with Crippen molar-refractivity contribution >= 4 is 41.9 Å². The Balaban J connectivity index is 0.00000392. The van der Waals surface area contributed by atoms with Gasteiger partial charge in [0.25, 0.3) is 5.91 Å². The summed E-state index contributed by atoms with van der Waals surface area (Å²) >= 11 is 0. The number of rotatable bonds is 7. The first-order valence-corrected chi connectivity index (χ1v) is 10.5. The summed E-state index contributed by atoms with van der Waals surface area (Å²) in [7, 11) is 0. The fraction of sp³-hybridized carbons (Fsp3) is 0.850. The smallest absolute Gasteiger partial charge is 0.325 e. The zero-order valence-corrected chi connectivity index (χ0v) is 20.3. The molecule has 1 heterocycles. The molecule has 8 heteroatoms. The number of urea groups is 1. The van der Waals surface area contributed by atoms with Crippen molar-refractivity contribution in [3.8, 4) is 0 Å². The van der Waals surface area contributed by atoms with Gasteiger partial charge in [0.05, 0.1) is 0 Å². The first kappa shape index (κ1) is 25.0. The molecule has 3 amide bonds. The molecule has 1 aliphatic heterocycles. The Labute approximate surface area is 186 Å². The van der Waals surface area contributed by atoms with E-state index in [1.165, 1.54) is 24.2 Å². The Morgan fingerprint density at radius 3 is 2.39 bits per heavy atom. The molecule has 0 aromatic carbocycles. The summed E-state index contributed by atoms with van der Waals surface area (Å²) in [6.45, 7) is 12.2. The third-order valence-electron chi connectivity index (χ3n) is 5.73. The van der Waals surface area contributed by atoms with E-state index in [4.69, 9.17) is 0 Å². The molecule has 2 rings (SSSR count). The van der Waals surface area contributed by atoms with Crippen LogP contribution in [-0.2, 0) is 4.79 Å². The number of hydrogen-bond donors (Lipinski definition) is 3. The Hall–Kier alpha value is -1.06. The lowest BCUT2D eigenvalue weighted by atomic mass is 9.80. The number of imide groups is 1. The zero-order valence-electron chi connectivity index (χ0n) is 18.0. The third-order valence-corrected chi connectivity index (χ3v) is 5.73. The second-order valence-corrected chi connectivity index (χ2v) is 8.45. The van der Waals surface area contributed by atoms with Gasteiger partial charge in [0.2, 0.25) is 0 Å². The van der Waals surface area contributed by atoms with Crippen LogP contribution in [0.15, 0.2) is 4.99 Å². The van der Waals surface area contributed by atoms with E-state index in [0.717, 1.165) is 24.3 Å². The van der Waals surface area contributed by atoms with Crippen molar-refractivity contribution in [3.05, 3.63) is 0 Å². The maximum atomic E-state index is 12.4. The van der Waals surface area contributed by atoms with Crippen LogP contribution in [0.3, 0.4) is 0 Å². The first-order chi connectivity index (χ1) is 12.8. The molecule has 0 bridgehead atoms. The fourth-order valence-electron chi connectivity index (χ4n) is 4.19. The van der Waals surface area contributed by atoms with Crippen LogP contribution in [0.25, 0.3) is 0 Å². The summed E-state index contributed by atoms with van der Waals surface area (Å²) in [4.78, 5) is 30.4. The van der Waals surface area contributed by atoms with E-state index in [9.17, 15) is 9.59 Å². The van der Waals surface area contributed by atoms with E-state index < -0.39 is 5.54 Å². The molecule has 2 fully saturated rings. The van der Waals surface area contributed by atoms with Crippen LogP contribution in [0, 0.1) is 11.8 Å². The summed E-state index contributed by atoms with van der Waals surface area (Å²) < 4.78 is 0. The highest BCUT2D eigenvalue weighted by molar-refractivity contribution is 14.0. The van der Waals surface area contributed by atoms with Gasteiger partial charge in [-0.1, -0.05) is 20.8 Å². The molecule has 28 heavy (non-hydrogen) atoms. The van der Waals surface area contributed by atoms with Crippen molar-refractivity contribution < 1.29 is 9.59 Å². The van der Waals surface area contributed by atoms with Crippen LogP contribution in [0.2, 0.25) is 0 Å². The minimum absolute atomic E-state index is 0. The molecular weight excluding hydrogens is 469 g/mol. The van der Waals surface area contributed by atoms with Gasteiger partial charge in [-0.2, -0.15) is 0 Å². The summed E-state index contributed by atoms with van der Waals surface area (Å²) in [6.07, 6.45) is 4.90. The molecular formula is C20H38IN5O2. The summed E-state index contributed by atoms with van der Waals surface area (Å²) in [5, 5.41) is 9.66. The third kappa shape index (κ3) is 6.49. The molecule has 0 aromatic heterocycles. The molecule has 3 unspecified atom stereocenters. The highest BCUT2D eigenvalue weighted by Gasteiger charge is 2.45. The van der Waals surface area contributed by atoms with Crippen LogP contribution in [0.4, 0.5) is 4.79 Å². The van der Waals surface area contributed by atoms with Gasteiger partial charge in [0, 0.05) is 25.7 Å². The van der Waals surface area contributed by atoms with Gasteiger partial charge in [0.15, 0.2) is 5.96 Å².